The van der Waals surface area contributed by atoms with Gasteiger partial charge in [-0.05, 0) is 32.1 Å². The van der Waals surface area contributed by atoms with Crippen LogP contribution in [0.4, 0.5) is 5.82 Å². The summed E-state index contributed by atoms with van der Waals surface area (Å²) in [5.41, 5.74) is 2.15. The summed E-state index contributed by atoms with van der Waals surface area (Å²) in [5, 5.41) is 22.1. The summed E-state index contributed by atoms with van der Waals surface area (Å²) in [7, 11) is 0. The summed E-state index contributed by atoms with van der Waals surface area (Å²) in [6.45, 7) is 0. The van der Waals surface area contributed by atoms with E-state index >= 15 is 0 Å². The Bertz CT molecular complexity index is 539. The van der Waals surface area contributed by atoms with E-state index in [1.807, 2.05) is 0 Å². The van der Waals surface area contributed by atoms with Crippen molar-refractivity contribution in [2.45, 2.75) is 62.9 Å². The van der Waals surface area contributed by atoms with E-state index in [1.54, 1.807) is 0 Å². The van der Waals surface area contributed by atoms with Gasteiger partial charge in [-0.15, -0.1) is 10.2 Å². The van der Waals surface area contributed by atoms with E-state index in [4.69, 9.17) is 16.3 Å². The quantitative estimate of drug-likeness (QED) is 0.876. The van der Waals surface area contributed by atoms with Crippen molar-refractivity contribution in [3.63, 3.8) is 0 Å². The van der Waals surface area contributed by atoms with Gasteiger partial charge < -0.3 is 15.2 Å². The van der Waals surface area contributed by atoms with E-state index in [0.717, 1.165) is 55.5 Å². The SMILES string of the molecule is O[C@@H]1CCC[C@H]1Nc1nnc(Cl)c2c1[C@H]1CC[C@@H](C2)O1. The third-order valence-electron chi connectivity index (χ3n) is 4.73. The second kappa shape index (κ2) is 4.83. The van der Waals surface area contributed by atoms with Gasteiger partial charge >= 0.3 is 0 Å². The van der Waals surface area contributed by atoms with Crippen LogP contribution in [0.5, 0.6) is 0 Å². The second-order valence-corrected chi connectivity index (χ2v) is 6.37. The molecule has 0 spiro atoms. The second-order valence-electron chi connectivity index (χ2n) is 6.01. The predicted molar refractivity (Wildman–Crippen MR) is 74.9 cm³/mol. The number of nitrogens with one attached hydrogen (secondary N) is 1. The molecule has 1 aromatic heterocycles. The van der Waals surface area contributed by atoms with Crippen molar-refractivity contribution in [1.29, 1.82) is 0 Å². The van der Waals surface area contributed by atoms with E-state index in [-0.39, 0.29) is 24.4 Å². The van der Waals surface area contributed by atoms with Crippen LogP contribution >= 0.6 is 11.6 Å². The molecule has 4 rings (SSSR count). The van der Waals surface area contributed by atoms with E-state index in [1.165, 1.54) is 0 Å². The van der Waals surface area contributed by atoms with E-state index in [2.05, 4.69) is 15.5 Å². The molecule has 0 unspecified atom stereocenters. The number of aromatic nitrogens is 2. The molecule has 5 nitrogen and oxygen atoms in total. The molecule has 2 bridgehead atoms. The first kappa shape index (κ1) is 12.8. The molecule has 0 aromatic carbocycles. The largest absolute Gasteiger partial charge is 0.391 e. The molecular formula is C14H18ClN3O2. The average molecular weight is 296 g/mol. The lowest BCUT2D eigenvalue weighted by atomic mass is 10.0. The maximum atomic E-state index is 9.97. The van der Waals surface area contributed by atoms with Gasteiger partial charge in [0.25, 0.3) is 0 Å². The summed E-state index contributed by atoms with van der Waals surface area (Å²) >= 11 is 6.21. The van der Waals surface area contributed by atoms with E-state index in [9.17, 15) is 5.11 Å². The normalized spacial score (nSPS) is 35.1. The smallest absolute Gasteiger partial charge is 0.155 e. The van der Waals surface area contributed by atoms with Crippen LogP contribution < -0.4 is 5.32 Å². The Morgan fingerprint density at radius 2 is 2.10 bits per heavy atom. The molecule has 20 heavy (non-hydrogen) atoms. The lowest BCUT2D eigenvalue weighted by Crippen LogP contribution is -2.30. The number of aliphatic hydroxyl groups excluding tert-OH is 1. The standard InChI is InChI=1S/C14H18ClN3O2/c15-13-8-6-7-4-5-11(20-7)12(8)14(18-17-13)16-9-2-1-3-10(9)19/h7,9-11,19H,1-6H2,(H,16,18)/t7-,9+,10+,11+/m0/s1. The highest BCUT2D eigenvalue weighted by atomic mass is 35.5. The Morgan fingerprint density at radius 3 is 2.90 bits per heavy atom. The van der Waals surface area contributed by atoms with E-state index in [0.29, 0.717) is 5.15 Å². The third-order valence-corrected chi connectivity index (χ3v) is 5.03. The number of fused-ring (bicyclic) bond motifs is 4. The molecule has 0 amide bonds. The minimum Gasteiger partial charge on any atom is -0.391 e. The van der Waals surface area contributed by atoms with Crippen LogP contribution in [0.2, 0.25) is 5.15 Å². The molecular weight excluding hydrogens is 278 g/mol. The maximum Gasteiger partial charge on any atom is 0.155 e. The molecule has 1 aromatic rings. The van der Waals surface area contributed by atoms with E-state index < -0.39 is 0 Å². The molecule has 4 atom stereocenters. The number of nitrogens with zero attached hydrogens (tertiary/aromatic N) is 2. The first-order valence-electron chi connectivity index (χ1n) is 7.37. The van der Waals surface area contributed by atoms with Crippen LogP contribution in [0, 0.1) is 0 Å². The molecule has 2 fully saturated rings. The molecule has 108 valence electrons. The maximum absolute atomic E-state index is 9.97. The zero-order valence-electron chi connectivity index (χ0n) is 11.2. The summed E-state index contributed by atoms with van der Waals surface area (Å²) in [6, 6.07) is 0.0636. The number of anilines is 1. The molecule has 6 heteroatoms. The Hall–Kier alpha value is -0.910. The molecule has 2 N–H and O–H groups in total. The number of rotatable bonds is 2. The van der Waals surface area contributed by atoms with Gasteiger partial charge in [0, 0.05) is 17.5 Å². The van der Waals surface area contributed by atoms with Gasteiger partial charge in [0.1, 0.15) is 0 Å². The molecule has 3 heterocycles. The fourth-order valence-corrected chi connectivity index (χ4v) is 3.91. The monoisotopic (exact) mass is 295 g/mol. The molecule has 3 aliphatic rings. The summed E-state index contributed by atoms with van der Waals surface area (Å²) < 4.78 is 5.98. The average Bonchev–Trinajstić information content (AvgIpc) is 3.01. The lowest BCUT2D eigenvalue weighted by Gasteiger charge is -2.27. The molecule has 1 aliphatic carbocycles. The van der Waals surface area contributed by atoms with Crippen molar-refractivity contribution in [3.8, 4) is 0 Å². The first-order valence-corrected chi connectivity index (χ1v) is 7.75. The molecule has 1 saturated heterocycles. The van der Waals surface area contributed by atoms with Gasteiger partial charge in [0.2, 0.25) is 0 Å². The van der Waals surface area contributed by atoms with Gasteiger partial charge in [-0.3, -0.25) is 0 Å². The molecule has 2 aliphatic heterocycles. The Morgan fingerprint density at radius 1 is 1.20 bits per heavy atom. The van der Waals surface area contributed by atoms with Crippen molar-refractivity contribution in [1.82, 2.24) is 10.2 Å². The van der Waals surface area contributed by atoms with Gasteiger partial charge in [-0.2, -0.15) is 0 Å². The Balaban J connectivity index is 1.70. The summed E-state index contributed by atoms with van der Waals surface area (Å²) in [4.78, 5) is 0. The molecule has 1 saturated carbocycles. The van der Waals surface area contributed by atoms with Gasteiger partial charge in [-0.1, -0.05) is 11.6 Å². The van der Waals surface area contributed by atoms with Crippen LogP contribution in [0.25, 0.3) is 0 Å². The summed E-state index contributed by atoms with van der Waals surface area (Å²) in [5.74, 6) is 0.751. The Kier molecular flexibility index (Phi) is 3.09. The van der Waals surface area contributed by atoms with Crippen LogP contribution in [-0.4, -0.2) is 33.6 Å². The topological polar surface area (TPSA) is 67.3 Å². The predicted octanol–water partition coefficient (Wildman–Crippen LogP) is 2.23. The highest BCUT2D eigenvalue weighted by Gasteiger charge is 2.38. The number of hydrogen-bond donors (Lipinski definition) is 2. The minimum absolute atomic E-state index is 0.0636. The minimum atomic E-state index is -0.302. The van der Waals surface area contributed by atoms with Crippen LogP contribution in [-0.2, 0) is 11.2 Å². The van der Waals surface area contributed by atoms with Crippen molar-refractivity contribution >= 4 is 17.4 Å². The van der Waals surface area contributed by atoms with Crippen molar-refractivity contribution in [2.24, 2.45) is 0 Å². The fraction of sp³-hybridized carbons (Fsp3) is 0.714. The third kappa shape index (κ3) is 2.00. The zero-order valence-corrected chi connectivity index (χ0v) is 11.9. The highest BCUT2D eigenvalue weighted by molar-refractivity contribution is 6.30. The fourth-order valence-electron chi connectivity index (χ4n) is 3.69. The van der Waals surface area contributed by atoms with Crippen molar-refractivity contribution in [2.75, 3.05) is 5.32 Å². The van der Waals surface area contributed by atoms with Crippen LogP contribution in [0.15, 0.2) is 0 Å². The van der Waals surface area contributed by atoms with Crippen molar-refractivity contribution in [3.05, 3.63) is 16.3 Å². The molecule has 0 radical (unpaired) electrons. The van der Waals surface area contributed by atoms with Crippen LogP contribution in [0.1, 0.15) is 49.3 Å². The van der Waals surface area contributed by atoms with Gasteiger partial charge in [0.05, 0.1) is 24.4 Å². The summed E-state index contributed by atoms with van der Waals surface area (Å²) in [6.07, 6.45) is 5.83. The first-order chi connectivity index (χ1) is 9.72. The van der Waals surface area contributed by atoms with Gasteiger partial charge in [-0.25, -0.2) is 0 Å². The lowest BCUT2D eigenvalue weighted by molar-refractivity contribution is 0.0323. The van der Waals surface area contributed by atoms with Crippen LogP contribution in [0.3, 0.4) is 0 Å². The van der Waals surface area contributed by atoms with Gasteiger partial charge in [0.15, 0.2) is 11.0 Å². The number of halogens is 1. The number of ether oxygens (including phenoxy) is 1. The highest BCUT2D eigenvalue weighted by Crippen LogP contribution is 2.45. The van der Waals surface area contributed by atoms with Crippen molar-refractivity contribution < 1.29 is 9.84 Å². The number of hydrogen-bond acceptors (Lipinski definition) is 5. The number of aliphatic hydroxyl groups is 1. The zero-order chi connectivity index (χ0) is 13.7. The Labute approximate surface area is 122 Å².